The van der Waals surface area contributed by atoms with Crippen molar-refractivity contribution < 1.29 is 9.59 Å². The van der Waals surface area contributed by atoms with Crippen LogP contribution in [-0.4, -0.2) is 29.8 Å². The quantitative estimate of drug-likeness (QED) is 0.800. The van der Waals surface area contributed by atoms with E-state index in [-0.39, 0.29) is 11.8 Å². The van der Waals surface area contributed by atoms with Crippen LogP contribution >= 0.6 is 11.6 Å². The van der Waals surface area contributed by atoms with E-state index >= 15 is 0 Å². The van der Waals surface area contributed by atoms with E-state index in [0.717, 1.165) is 0 Å². The van der Waals surface area contributed by atoms with Crippen LogP contribution in [0, 0.1) is 5.41 Å². The SMILES string of the molecule is CC1(C(N)=O)CCN(C(=O)c2ccc(Cl)cc2N)C1. The van der Waals surface area contributed by atoms with Crippen molar-refractivity contribution in [1.82, 2.24) is 4.90 Å². The van der Waals surface area contributed by atoms with Crippen LogP contribution in [0.15, 0.2) is 18.2 Å². The van der Waals surface area contributed by atoms with Gasteiger partial charge in [-0.2, -0.15) is 0 Å². The lowest BCUT2D eigenvalue weighted by Gasteiger charge is -2.21. The molecule has 0 saturated carbocycles. The van der Waals surface area contributed by atoms with Crippen LogP contribution in [0.2, 0.25) is 5.02 Å². The average molecular weight is 282 g/mol. The third kappa shape index (κ3) is 2.51. The Kier molecular flexibility index (Phi) is 3.41. The second-order valence-electron chi connectivity index (χ2n) is 5.13. The zero-order chi connectivity index (χ0) is 14.2. The van der Waals surface area contributed by atoms with Crippen LogP contribution in [0.5, 0.6) is 0 Å². The van der Waals surface area contributed by atoms with Crippen LogP contribution in [0.1, 0.15) is 23.7 Å². The molecule has 0 aromatic heterocycles. The minimum Gasteiger partial charge on any atom is -0.398 e. The summed E-state index contributed by atoms with van der Waals surface area (Å²) in [5.41, 5.74) is 11.2. The number of hydrogen-bond acceptors (Lipinski definition) is 3. The molecule has 1 aromatic rings. The van der Waals surface area contributed by atoms with Crippen LogP contribution in [0.4, 0.5) is 5.69 Å². The van der Waals surface area contributed by atoms with Gasteiger partial charge in [-0.25, -0.2) is 0 Å². The number of nitrogens with two attached hydrogens (primary N) is 2. The molecule has 19 heavy (non-hydrogen) atoms. The zero-order valence-electron chi connectivity index (χ0n) is 10.6. The smallest absolute Gasteiger partial charge is 0.255 e. The first-order valence-corrected chi connectivity index (χ1v) is 6.35. The fourth-order valence-electron chi connectivity index (χ4n) is 2.23. The second kappa shape index (κ2) is 4.74. The molecule has 6 heteroatoms. The molecule has 1 fully saturated rings. The molecule has 4 N–H and O–H groups in total. The normalized spacial score (nSPS) is 22.5. The van der Waals surface area contributed by atoms with E-state index in [1.54, 1.807) is 24.0 Å². The molecular weight excluding hydrogens is 266 g/mol. The van der Waals surface area contributed by atoms with Gasteiger partial charge in [-0.15, -0.1) is 0 Å². The Hall–Kier alpha value is -1.75. The maximum atomic E-state index is 12.3. The number of carbonyl (C=O) groups is 2. The highest BCUT2D eigenvalue weighted by Gasteiger charge is 2.41. The predicted octanol–water partition coefficient (Wildman–Crippen LogP) is 1.26. The highest BCUT2D eigenvalue weighted by Crippen LogP contribution is 2.31. The van der Waals surface area contributed by atoms with E-state index in [1.807, 2.05) is 0 Å². The molecule has 1 saturated heterocycles. The van der Waals surface area contributed by atoms with Crippen molar-refractivity contribution >= 4 is 29.1 Å². The molecule has 2 amide bonds. The highest BCUT2D eigenvalue weighted by molar-refractivity contribution is 6.31. The van der Waals surface area contributed by atoms with Gasteiger partial charge >= 0.3 is 0 Å². The van der Waals surface area contributed by atoms with E-state index in [0.29, 0.717) is 35.8 Å². The molecule has 1 unspecified atom stereocenters. The average Bonchev–Trinajstić information content (AvgIpc) is 2.73. The Labute approximate surface area is 116 Å². The maximum absolute atomic E-state index is 12.3. The number of hydrogen-bond donors (Lipinski definition) is 2. The number of likely N-dealkylation sites (tertiary alicyclic amines) is 1. The predicted molar refractivity (Wildman–Crippen MR) is 73.7 cm³/mol. The first-order chi connectivity index (χ1) is 8.83. The molecule has 1 aliphatic rings. The first-order valence-electron chi connectivity index (χ1n) is 5.98. The number of benzene rings is 1. The van der Waals surface area contributed by atoms with Crippen molar-refractivity contribution in [2.24, 2.45) is 11.1 Å². The van der Waals surface area contributed by atoms with Crippen LogP contribution < -0.4 is 11.5 Å². The van der Waals surface area contributed by atoms with Crippen molar-refractivity contribution in [2.75, 3.05) is 18.8 Å². The fraction of sp³-hybridized carbons (Fsp3) is 0.385. The number of nitrogen functional groups attached to an aromatic ring is 1. The standard InChI is InChI=1S/C13H16ClN3O2/c1-13(12(16)19)4-5-17(7-13)11(18)9-3-2-8(14)6-10(9)15/h2-3,6H,4-5,7,15H2,1H3,(H2,16,19). The van der Waals surface area contributed by atoms with Gasteiger partial charge < -0.3 is 16.4 Å². The summed E-state index contributed by atoms with van der Waals surface area (Å²) in [6.45, 7) is 2.59. The molecule has 1 aromatic carbocycles. The number of amides is 2. The molecule has 0 spiro atoms. The number of halogens is 1. The van der Waals surface area contributed by atoms with E-state index < -0.39 is 5.41 Å². The highest BCUT2D eigenvalue weighted by atomic mass is 35.5. The van der Waals surface area contributed by atoms with Gasteiger partial charge in [0.2, 0.25) is 5.91 Å². The van der Waals surface area contributed by atoms with Gasteiger partial charge in [-0.05, 0) is 31.5 Å². The zero-order valence-corrected chi connectivity index (χ0v) is 11.4. The molecular formula is C13H16ClN3O2. The number of primary amides is 1. The minimum atomic E-state index is -0.656. The summed E-state index contributed by atoms with van der Waals surface area (Å²) in [6, 6.07) is 4.76. The van der Waals surface area contributed by atoms with E-state index in [1.165, 1.54) is 6.07 Å². The lowest BCUT2D eigenvalue weighted by Crippen LogP contribution is -2.38. The van der Waals surface area contributed by atoms with Gasteiger partial charge in [0.15, 0.2) is 0 Å². The summed E-state index contributed by atoms with van der Waals surface area (Å²) in [6.07, 6.45) is 0.571. The second-order valence-corrected chi connectivity index (χ2v) is 5.57. The number of rotatable bonds is 2. The van der Waals surface area contributed by atoms with Gasteiger partial charge in [-0.1, -0.05) is 11.6 Å². The van der Waals surface area contributed by atoms with Gasteiger partial charge in [0.05, 0.1) is 11.0 Å². The number of nitrogens with zero attached hydrogens (tertiary/aromatic N) is 1. The molecule has 1 atom stereocenters. The maximum Gasteiger partial charge on any atom is 0.255 e. The van der Waals surface area contributed by atoms with Crippen molar-refractivity contribution in [3.63, 3.8) is 0 Å². The molecule has 102 valence electrons. The Balaban J connectivity index is 2.20. The number of carbonyl (C=O) groups excluding carboxylic acids is 2. The van der Waals surface area contributed by atoms with Crippen molar-refractivity contribution in [3.8, 4) is 0 Å². The molecule has 1 heterocycles. The van der Waals surface area contributed by atoms with Crippen molar-refractivity contribution in [1.29, 1.82) is 0 Å². The lowest BCUT2D eigenvalue weighted by atomic mass is 9.89. The Morgan fingerprint density at radius 1 is 1.42 bits per heavy atom. The van der Waals surface area contributed by atoms with Crippen molar-refractivity contribution in [2.45, 2.75) is 13.3 Å². The Morgan fingerprint density at radius 2 is 2.11 bits per heavy atom. The van der Waals surface area contributed by atoms with Gasteiger partial charge in [0.1, 0.15) is 0 Å². The lowest BCUT2D eigenvalue weighted by molar-refractivity contribution is -0.126. The Bertz CT molecular complexity index is 547. The van der Waals surface area contributed by atoms with E-state index in [9.17, 15) is 9.59 Å². The molecule has 0 aliphatic carbocycles. The molecule has 2 rings (SSSR count). The van der Waals surface area contributed by atoms with Crippen molar-refractivity contribution in [3.05, 3.63) is 28.8 Å². The van der Waals surface area contributed by atoms with Gasteiger partial charge in [0.25, 0.3) is 5.91 Å². The largest absolute Gasteiger partial charge is 0.398 e. The molecule has 5 nitrogen and oxygen atoms in total. The summed E-state index contributed by atoms with van der Waals surface area (Å²) < 4.78 is 0. The van der Waals surface area contributed by atoms with Gasteiger partial charge in [-0.3, -0.25) is 9.59 Å². The minimum absolute atomic E-state index is 0.195. The van der Waals surface area contributed by atoms with Crippen LogP contribution in [0.25, 0.3) is 0 Å². The summed E-state index contributed by atoms with van der Waals surface area (Å²) in [7, 11) is 0. The monoisotopic (exact) mass is 281 g/mol. The van der Waals surface area contributed by atoms with Crippen LogP contribution in [-0.2, 0) is 4.79 Å². The summed E-state index contributed by atoms with van der Waals surface area (Å²) in [5, 5.41) is 0.484. The molecule has 0 bridgehead atoms. The third-order valence-electron chi connectivity index (χ3n) is 3.60. The van der Waals surface area contributed by atoms with E-state index in [2.05, 4.69) is 0 Å². The first kappa shape index (κ1) is 13.7. The molecule has 1 aliphatic heterocycles. The molecule has 0 radical (unpaired) electrons. The third-order valence-corrected chi connectivity index (χ3v) is 3.83. The Morgan fingerprint density at radius 3 is 2.63 bits per heavy atom. The van der Waals surface area contributed by atoms with Gasteiger partial charge in [0, 0.05) is 23.8 Å². The summed E-state index contributed by atoms with van der Waals surface area (Å²) >= 11 is 5.80. The summed E-state index contributed by atoms with van der Waals surface area (Å²) in [4.78, 5) is 25.3. The topological polar surface area (TPSA) is 89.4 Å². The van der Waals surface area contributed by atoms with Crippen LogP contribution in [0.3, 0.4) is 0 Å². The fourth-order valence-corrected chi connectivity index (χ4v) is 2.41. The number of anilines is 1. The summed E-state index contributed by atoms with van der Waals surface area (Å²) in [5.74, 6) is -0.578. The van der Waals surface area contributed by atoms with E-state index in [4.69, 9.17) is 23.1 Å².